The Labute approximate surface area is 89.8 Å². The minimum Gasteiger partial charge on any atom is -0.378 e. The fourth-order valence-electron chi connectivity index (χ4n) is 1.23. The van der Waals surface area contributed by atoms with E-state index in [0.29, 0.717) is 12.8 Å². The van der Waals surface area contributed by atoms with Gasteiger partial charge in [-0.2, -0.15) is 26.3 Å². The summed E-state index contributed by atoms with van der Waals surface area (Å²) in [6.45, 7) is 2.46. The molecule has 0 aliphatic rings. The molecule has 0 radical (unpaired) electrons. The van der Waals surface area contributed by atoms with Crippen molar-refractivity contribution < 1.29 is 31.1 Å². The maximum atomic E-state index is 12.2. The number of halogens is 6. The van der Waals surface area contributed by atoms with Crippen molar-refractivity contribution in [1.82, 2.24) is 0 Å². The molecule has 0 saturated carbocycles. The van der Waals surface area contributed by atoms with E-state index in [1.54, 1.807) is 6.92 Å². The lowest BCUT2D eigenvalue weighted by Gasteiger charge is -2.28. The van der Waals surface area contributed by atoms with Crippen LogP contribution in [0.2, 0.25) is 0 Å². The lowest BCUT2D eigenvalue weighted by atomic mass is 10.0. The minimum absolute atomic E-state index is 0.0969. The smallest absolute Gasteiger partial charge is 0.378 e. The molecule has 0 amide bonds. The van der Waals surface area contributed by atoms with Gasteiger partial charge in [0.05, 0.1) is 6.10 Å². The number of hydrogen-bond donors (Lipinski definition) is 0. The van der Waals surface area contributed by atoms with Gasteiger partial charge in [0.15, 0.2) is 5.92 Å². The van der Waals surface area contributed by atoms with Gasteiger partial charge in [0.25, 0.3) is 0 Å². The molecule has 0 aromatic rings. The third-order valence-electron chi connectivity index (χ3n) is 2.05. The summed E-state index contributed by atoms with van der Waals surface area (Å²) in [5.41, 5.74) is 0. The molecule has 0 aliphatic carbocycles. The van der Waals surface area contributed by atoms with Gasteiger partial charge in [-0.1, -0.05) is 13.3 Å². The average Bonchev–Trinajstić information content (AvgIpc) is 1.98. The summed E-state index contributed by atoms with van der Waals surface area (Å²) in [4.78, 5) is 0. The van der Waals surface area contributed by atoms with Gasteiger partial charge in [-0.15, -0.1) is 0 Å². The molecule has 1 atom stereocenters. The van der Waals surface area contributed by atoms with Crippen LogP contribution >= 0.6 is 0 Å². The molecule has 0 aromatic carbocycles. The first-order valence-electron chi connectivity index (χ1n) is 4.85. The molecule has 98 valence electrons. The normalized spacial score (nSPS) is 15.6. The largest absolute Gasteiger partial charge is 0.403 e. The Kier molecular flexibility index (Phi) is 5.58. The van der Waals surface area contributed by atoms with Gasteiger partial charge in [0, 0.05) is 6.61 Å². The molecular formula is C9H14F6O. The minimum atomic E-state index is -5.33. The highest BCUT2D eigenvalue weighted by Crippen LogP contribution is 2.42. The van der Waals surface area contributed by atoms with Crippen molar-refractivity contribution in [1.29, 1.82) is 0 Å². The maximum Gasteiger partial charge on any atom is 0.403 e. The zero-order valence-corrected chi connectivity index (χ0v) is 8.95. The zero-order valence-electron chi connectivity index (χ0n) is 8.95. The van der Waals surface area contributed by atoms with E-state index in [4.69, 9.17) is 0 Å². The number of ether oxygens (including phenoxy) is 1. The lowest BCUT2D eigenvalue weighted by molar-refractivity contribution is -0.308. The lowest BCUT2D eigenvalue weighted by Crippen LogP contribution is -2.44. The summed E-state index contributed by atoms with van der Waals surface area (Å²) < 4.78 is 77.6. The van der Waals surface area contributed by atoms with E-state index in [1.807, 2.05) is 0 Å². The van der Waals surface area contributed by atoms with Crippen LogP contribution in [0.15, 0.2) is 0 Å². The Hall–Kier alpha value is -0.460. The monoisotopic (exact) mass is 252 g/mol. The highest BCUT2D eigenvalue weighted by molar-refractivity contribution is 4.80. The van der Waals surface area contributed by atoms with Gasteiger partial charge in [0.2, 0.25) is 0 Å². The topological polar surface area (TPSA) is 9.23 Å². The van der Waals surface area contributed by atoms with Crippen LogP contribution in [0.25, 0.3) is 0 Å². The predicted octanol–water partition coefficient (Wildman–Crippen LogP) is 3.93. The molecule has 16 heavy (non-hydrogen) atoms. The van der Waals surface area contributed by atoms with Crippen LogP contribution in [0.4, 0.5) is 26.3 Å². The van der Waals surface area contributed by atoms with E-state index in [-0.39, 0.29) is 6.61 Å². The molecule has 1 nitrogen and oxygen atoms in total. The van der Waals surface area contributed by atoms with Crippen LogP contribution in [-0.2, 0) is 4.74 Å². The third kappa shape index (κ3) is 5.05. The van der Waals surface area contributed by atoms with Crippen LogP contribution in [0.3, 0.4) is 0 Å². The number of unbranched alkanes of at least 4 members (excludes halogenated alkanes) is 1. The fraction of sp³-hybridized carbons (Fsp3) is 1.00. The Morgan fingerprint density at radius 3 is 1.75 bits per heavy atom. The van der Waals surface area contributed by atoms with E-state index in [9.17, 15) is 26.3 Å². The Morgan fingerprint density at radius 1 is 1.00 bits per heavy atom. The Balaban J connectivity index is 4.53. The van der Waals surface area contributed by atoms with E-state index >= 15 is 0 Å². The van der Waals surface area contributed by atoms with Crippen molar-refractivity contribution in [2.45, 2.75) is 45.1 Å². The molecule has 0 N–H and O–H groups in total. The number of hydrogen-bond acceptors (Lipinski definition) is 1. The summed E-state index contributed by atoms with van der Waals surface area (Å²) >= 11 is 0. The summed E-state index contributed by atoms with van der Waals surface area (Å²) in [7, 11) is 0. The van der Waals surface area contributed by atoms with Crippen molar-refractivity contribution in [2.75, 3.05) is 6.61 Å². The molecule has 0 bridgehead atoms. The van der Waals surface area contributed by atoms with Crippen molar-refractivity contribution in [3.8, 4) is 0 Å². The second-order valence-electron chi connectivity index (χ2n) is 3.49. The van der Waals surface area contributed by atoms with Crippen molar-refractivity contribution in [3.05, 3.63) is 0 Å². The van der Waals surface area contributed by atoms with Crippen molar-refractivity contribution in [3.63, 3.8) is 0 Å². The maximum absolute atomic E-state index is 12.2. The van der Waals surface area contributed by atoms with E-state index in [1.165, 1.54) is 0 Å². The quantitative estimate of drug-likeness (QED) is 0.532. The van der Waals surface area contributed by atoms with Crippen LogP contribution < -0.4 is 0 Å². The summed E-state index contributed by atoms with van der Waals surface area (Å²) in [6, 6.07) is 0. The van der Waals surface area contributed by atoms with Crippen LogP contribution in [0.1, 0.15) is 26.7 Å². The molecule has 0 heterocycles. The van der Waals surface area contributed by atoms with Crippen LogP contribution in [-0.4, -0.2) is 25.1 Å². The molecule has 0 aromatic heterocycles. The van der Waals surface area contributed by atoms with Gasteiger partial charge in [-0.05, 0) is 13.3 Å². The van der Waals surface area contributed by atoms with Gasteiger partial charge < -0.3 is 4.74 Å². The highest BCUT2D eigenvalue weighted by atomic mass is 19.4. The van der Waals surface area contributed by atoms with Crippen LogP contribution in [0, 0.1) is 5.92 Å². The number of alkyl halides is 6. The second kappa shape index (κ2) is 5.75. The predicted molar refractivity (Wildman–Crippen MR) is 45.9 cm³/mol. The Bertz CT molecular complexity index is 183. The fourth-order valence-corrected chi connectivity index (χ4v) is 1.23. The molecule has 0 spiro atoms. The molecule has 0 aliphatic heterocycles. The van der Waals surface area contributed by atoms with E-state index in [0.717, 1.165) is 6.92 Å². The van der Waals surface area contributed by atoms with Gasteiger partial charge in [-0.3, -0.25) is 0 Å². The number of rotatable bonds is 5. The van der Waals surface area contributed by atoms with Crippen LogP contribution in [0.5, 0.6) is 0 Å². The SMILES string of the molecule is CCCCOC(C)C(C(F)(F)F)C(F)(F)F. The highest BCUT2D eigenvalue weighted by Gasteiger charge is 2.59. The first-order chi connectivity index (χ1) is 7.10. The standard InChI is InChI=1S/C9H14F6O/c1-3-4-5-16-6(2)7(8(10,11)12)9(13,14)15/h6-7H,3-5H2,1-2H3. The summed E-state index contributed by atoms with van der Waals surface area (Å²) in [6.07, 6.45) is -11.5. The first kappa shape index (κ1) is 15.5. The van der Waals surface area contributed by atoms with E-state index in [2.05, 4.69) is 4.74 Å². The molecule has 0 fully saturated rings. The van der Waals surface area contributed by atoms with Gasteiger partial charge in [-0.25, -0.2) is 0 Å². The molecular weight excluding hydrogens is 238 g/mol. The average molecular weight is 252 g/mol. The van der Waals surface area contributed by atoms with E-state index < -0.39 is 24.4 Å². The Morgan fingerprint density at radius 2 is 1.44 bits per heavy atom. The van der Waals surface area contributed by atoms with Gasteiger partial charge in [0.1, 0.15) is 0 Å². The molecule has 7 heteroatoms. The second-order valence-corrected chi connectivity index (χ2v) is 3.49. The molecule has 1 unspecified atom stereocenters. The molecule has 0 rings (SSSR count). The van der Waals surface area contributed by atoms with Gasteiger partial charge >= 0.3 is 12.4 Å². The molecule has 0 saturated heterocycles. The summed E-state index contributed by atoms with van der Waals surface area (Å²) in [5, 5.41) is 0. The first-order valence-corrected chi connectivity index (χ1v) is 4.85. The summed E-state index contributed by atoms with van der Waals surface area (Å²) in [5.74, 6) is -3.42. The van der Waals surface area contributed by atoms with Crippen molar-refractivity contribution >= 4 is 0 Å². The van der Waals surface area contributed by atoms with Crippen molar-refractivity contribution in [2.24, 2.45) is 5.92 Å². The zero-order chi connectivity index (χ0) is 13.0. The third-order valence-corrected chi connectivity index (χ3v) is 2.05.